The lowest BCUT2D eigenvalue weighted by Gasteiger charge is -1.99. The fourth-order valence-corrected chi connectivity index (χ4v) is 2.66. The topological polar surface area (TPSA) is 43.8 Å². The van der Waals surface area contributed by atoms with E-state index >= 15 is 0 Å². The lowest BCUT2D eigenvalue weighted by Crippen LogP contribution is -2.05. The summed E-state index contributed by atoms with van der Waals surface area (Å²) in [5, 5.41) is 4.53. The van der Waals surface area contributed by atoms with Crippen LogP contribution in [0.25, 0.3) is 0 Å². The summed E-state index contributed by atoms with van der Waals surface area (Å²) in [7, 11) is 1.98. The van der Waals surface area contributed by atoms with Gasteiger partial charge in [-0.1, -0.05) is 13.8 Å². The van der Waals surface area contributed by atoms with Gasteiger partial charge in [-0.15, -0.1) is 0 Å². The molecule has 2 N–H and O–H groups in total. The van der Waals surface area contributed by atoms with Crippen LogP contribution in [0, 0.1) is 18.3 Å². The summed E-state index contributed by atoms with van der Waals surface area (Å²) in [6, 6.07) is 0. The van der Waals surface area contributed by atoms with Crippen molar-refractivity contribution in [2.24, 2.45) is 24.1 Å². The quantitative estimate of drug-likeness (QED) is 0.772. The Labute approximate surface area is 85.3 Å². The van der Waals surface area contributed by atoms with Gasteiger partial charge >= 0.3 is 0 Å². The predicted molar refractivity (Wildman–Crippen MR) is 57.0 cm³/mol. The number of hydrogen-bond donors (Lipinski definition) is 1. The molecule has 2 rings (SSSR count). The highest BCUT2D eigenvalue weighted by Gasteiger charge is 2.58. The molecule has 1 fully saturated rings. The van der Waals surface area contributed by atoms with Crippen molar-refractivity contribution in [3.8, 4) is 0 Å². The molecule has 1 heterocycles. The van der Waals surface area contributed by atoms with Crippen LogP contribution in [0.3, 0.4) is 0 Å². The Kier molecular flexibility index (Phi) is 1.96. The molecule has 0 radical (unpaired) electrons. The average molecular weight is 193 g/mol. The second-order valence-electron chi connectivity index (χ2n) is 5.01. The lowest BCUT2D eigenvalue weighted by atomic mass is 10.1. The molecule has 14 heavy (non-hydrogen) atoms. The van der Waals surface area contributed by atoms with Gasteiger partial charge in [0.25, 0.3) is 0 Å². The zero-order valence-corrected chi connectivity index (χ0v) is 9.41. The first-order chi connectivity index (χ1) is 6.48. The SMILES string of the molecule is Cc1cn(C)nc1[C@H]1[C@H](CN)C1(C)C. The van der Waals surface area contributed by atoms with Gasteiger partial charge in [-0.3, -0.25) is 4.68 Å². The largest absolute Gasteiger partial charge is 0.330 e. The Hall–Kier alpha value is -0.830. The van der Waals surface area contributed by atoms with E-state index in [0.29, 0.717) is 17.3 Å². The van der Waals surface area contributed by atoms with Gasteiger partial charge in [-0.2, -0.15) is 5.10 Å². The number of aromatic nitrogens is 2. The molecule has 0 aliphatic heterocycles. The average Bonchev–Trinajstić information content (AvgIpc) is 2.46. The molecule has 1 aromatic rings. The molecule has 0 aromatic carbocycles. The molecule has 0 spiro atoms. The minimum atomic E-state index is 0.341. The zero-order chi connectivity index (χ0) is 10.5. The Balaban J connectivity index is 2.30. The molecule has 3 heteroatoms. The second kappa shape index (κ2) is 2.83. The van der Waals surface area contributed by atoms with Crippen molar-refractivity contribution in [1.82, 2.24) is 9.78 Å². The number of nitrogens with two attached hydrogens (primary N) is 1. The second-order valence-corrected chi connectivity index (χ2v) is 5.01. The van der Waals surface area contributed by atoms with Crippen molar-refractivity contribution in [3.05, 3.63) is 17.5 Å². The van der Waals surface area contributed by atoms with Gasteiger partial charge in [-0.25, -0.2) is 0 Å². The fraction of sp³-hybridized carbons (Fsp3) is 0.727. The smallest absolute Gasteiger partial charge is 0.0693 e. The van der Waals surface area contributed by atoms with E-state index in [0.717, 1.165) is 6.54 Å². The normalized spacial score (nSPS) is 29.2. The van der Waals surface area contributed by atoms with Crippen molar-refractivity contribution in [2.45, 2.75) is 26.7 Å². The zero-order valence-electron chi connectivity index (χ0n) is 9.41. The fourth-order valence-electron chi connectivity index (χ4n) is 2.66. The third-order valence-electron chi connectivity index (χ3n) is 3.65. The maximum absolute atomic E-state index is 5.76. The predicted octanol–water partition coefficient (Wildman–Crippen LogP) is 1.43. The summed E-state index contributed by atoms with van der Waals surface area (Å²) in [5.74, 6) is 1.17. The molecule has 0 bridgehead atoms. The van der Waals surface area contributed by atoms with E-state index in [1.807, 2.05) is 11.7 Å². The summed E-state index contributed by atoms with van der Waals surface area (Å²) >= 11 is 0. The highest BCUT2D eigenvalue weighted by atomic mass is 15.3. The van der Waals surface area contributed by atoms with Crippen molar-refractivity contribution < 1.29 is 0 Å². The lowest BCUT2D eigenvalue weighted by molar-refractivity contribution is 0.556. The van der Waals surface area contributed by atoms with Gasteiger partial charge in [0.05, 0.1) is 5.69 Å². The first-order valence-electron chi connectivity index (χ1n) is 5.18. The van der Waals surface area contributed by atoms with E-state index in [-0.39, 0.29) is 0 Å². The number of rotatable bonds is 2. The Morgan fingerprint density at radius 2 is 2.21 bits per heavy atom. The third kappa shape index (κ3) is 1.19. The van der Waals surface area contributed by atoms with E-state index in [4.69, 9.17) is 5.73 Å². The number of aryl methyl sites for hydroxylation is 2. The van der Waals surface area contributed by atoms with Crippen LogP contribution in [0.2, 0.25) is 0 Å². The van der Waals surface area contributed by atoms with E-state index in [2.05, 4.69) is 32.1 Å². The van der Waals surface area contributed by atoms with Crippen molar-refractivity contribution in [2.75, 3.05) is 6.54 Å². The minimum Gasteiger partial charge on any atom is -0.330 e. The van der Waals surface area contributed by atoms with Gasteiger partial charge < -0.3 is 5.73 Å². The van der Waals surface area contributed by atoms with Crippen LogP contribution in [-0.4, -0.2) is 16.3 Å². The maximum Gasteiger partial charge on any atom is 0.0693 e. The molecule has 3 nitrogen and oxygen atoms in total. The molecule has 0 unspecified atom stereocenters. The summed E-state index contributed by atoms with van der Waals surface area (Å²) in [5.41, 5.74) is 8.64. The molecular formula is C11H19N3. The van der Waals surface area contributed by atoms with E-state index in [1.54, 1.807) is 0 Å². The Morgan fingerprint density at radius 3 is 2.57 bits per heavy atom. The number of nitrogens with zero attached hydrogens (tertiary/aromatic N) is 2. The molecule has 1 aromatic heterocycles. The summed E-state index contributed by atoms with van der Waals surface area (Å²) in [6.45, 7) is 7.46. The molecular weight excluding hydrogens is 174 g/mol. The molecule has 0 saturated heterocycles. The van der Waals surface area contributed by atoms with Crippen LogP contribution in [0.5, 0.6) is 0 Å². The maximum atomic E-state index is 5.76. The van der Waals surface area contributed by atoms with Gasteiger partial charge in [-0.05, 0) is 30.4 Å². The van der Waals surface area contributed by atoms with Crippen LogP contribution >= 0.6 is 0 Å². The van der Waals surface area contributed by atoms with Crippen LogP contribution in [0.4, 0.5) is 0 Å². The van der Waals surface area contributed by atoms with Crippen LogP contribution < -0.4 is 5.73 Å². The highest BCUT2D eigenvalue weighted by Crippen LogP contribution is 2.63. The van der Waals surface area contributed by atoms with Crippen molar-refractivity contribution in [3.63, 3.8) is 0 Å². The molecule has 1 saturated carbocycles. The van der Waals surface area contributed by atoms with Crippen LogP contribution in [-0.2, 0) is 7.05 Å². The molecule has 78 valence electrons. The van der Waals surface area contributed by atoms with Crippen molar-refractivity contribution >= 4 is 0 Å². The van der Waals surface area contributed by atoms with E-state index < -0.39 is 0 Å². The summed E-state index contributed by atoms with van der Waals surface area (Å²) in [6.07, 6.45) is 2.08. The van der Waals surface area contributed by atoms with Gasteiger partial charge in [0.2, 0.25) is 0 Å². The summed E-state index contributed by atoms with van der Waals surface area (Å²) < 4.78 is 1.90. The van der Waals surface area contributed by atoms with Crippen molar-refractivity contribution in [1.29, 1.82) is 0 Å². The Morgan fingerprint density at radius 1 is 1.57 bits per heavy atom. The molecule has 2 atom stereocenters. The minimum absolute atomic E-state index is 0.341. The van der Waals surface area contributed by atoms with E-state index in [9.17, 15) is 0 Å². The van der Waals surface area contributed by atoms with Crippen LogP contribution in [0.15, 0.2) is 6.20 Å². The van der Waals surface area contributed by atoms with E-state index in [1.165, 1.54) is 11.3 Å². The third-order valence-corrected chi connectivity index (χ3v) is 3.65. The first-order valence-corrected chi connectivity index (χ1v) is 5.18. The summed E-state index contributed by atoms with van der Waals surface area (Å²) in [4.78, 5) is 0. The monoisotopic (exact) mass is 193 g/mol. The van der Waals surface area contributed by atoms with Gasteiger partial charge in [0.15, 0.2) is 0 Å². The standard InChI is InChI=1S/C11H19N3/c1-7-6-14(4)13-10(7)9-8(5-12)11(9,2)3/h6,8-9H,5,12H2,1-4H3/t8-,9+/m0/s1. The van der Waals surface area contributed by atoms with Crippen LogP contribution in [0.1, 0.15) is 31.0 Å². The first kappa shape index (κ1) is 9.71. The molecule has 0 amide bonds. The van der Waals surface area contributed by atoms with Gasteiger partial charge in [0.1, 0.15) is 0 Å². The highest BCUT2D eigenvalue weighted by molar-refractivity contribution is 5.31. The molecule has 1 aliphatic rings. The van der Waals surface area contributed by atoms with Gasteiger partial charge in [0, 0.05) is 19.2 Å². The molecule has 1 aliphatic carbocycles. The Bertz CT molecular complexity index is 351. The number of hydrogen-bond acceptors (Lipinski definition) is 2.